The van der Waals surface area contributed by atoms with Crippen LogP contribution in [0.3, 0.4) is 0 Å². The van der Waals surface area contributed by atoms with Gasteiger partial charge in [0.25, 0.3) is 0 Å². The summed E-state index contributed by atoms with van der Waals surface area (Å²) in [4.78, 5) is 0.328. The number of rotatable bonds is 3. The van der Waals surface area contributed by atoms with E-state index in [1.54, 1.807) is 6.07 Å². The molecular formula is C15H21BrN2O2S. The molecular weight excluding hydrogens is 352 g/mol. The van der Waals surface area contributed by atoms with Crippen LogP contribution in [0, 0.1) is 6.92 Å². The molecule has 0 bridgehead atoms. The number of nitrogens with one attached hydrogen (secondary N) is 2. The average molecular weight is 373 g/mol. The van der Waals surface area contributed by atoms with Gasteiger partial charge < -0.3 is 5.32 Å². The second-order valence-electron chi connectivity index (χ2n) is 6.31. The molecule has 1 spiro atoms. The predicted molar refractivity (Wildman–Crippen MR) is 86.8 cm³/mol. The van der Waals surface area contributed by atoms with E-state index in [-0.39, 0.29) is 11.6 Å². The van der Waals surface area contributed by atoms with Crippen LogP contribution in [-0.2, 0) is 10.0 Å². The maximum atomic E-state index is 12.6. The molecule has 1 aromatic rings. The first-order chi connectivity index (χ1) is 9.90. The van der Waals surface area contributed by atoms with E-state index in [4.69, 9.17) is 0 Å². The lowest BCUT2D eigenvalue weighted by Crippen LogP contribution is -2.59. The monoisotopic (exact) mass is 372 g/mol. The van der Waals surface area contributed by atoms with Gasteiger partial charge in [0, 0.05) is 16.1 Å². The SMILES string of the molecule is Cc1ccc(S(=O)(=O)NC2CCNC3(CCC3)C2)c(Br)c1. The number of aryl methyl sites for hydroxylation is 1. The van der Waals surface area contributed by atoms with Crippen molar-refractivity contribution in [2.24, 2.45) is 0 Å². The molecule has 1 aliphatic heterocycles. The molecule has 2 fully saturated rings. The number of hydrogen-bond donors (Lipinski definition) is 2. The van der Waals surface area contributed by atoms with Gasteiger partial charge >= 0.3 is 0 Å². The zero-order valence-electron chi connectivity index (χ0n) is 12.2. The molecule has 116 valence electrons. The van der Waals surface area contributed by atoms with Crippen molar-refractivity contribution in [1.29, 1.82) is 0 Å². The van der Waals surface area contributed by atoms with Gasteiger partial charge in [-0.3, -0.25) is 0 Å². The molecule has 1 atom stereocenters. The Bertz CT molecular complexity index is 641. The molecule has 1 heterocycles. The lowest BCUT2D eigenvalue weighted by molar-refractivity contribution is 0.126. The van der Waals surface area contributed by atoms with E-state index >= 15 is 0 Å². The van der Waals surface area contributed by atoms with E-state index in [9.17, 15) is 8.42 Å². The fourth-order valence-corrected chi connectivity index (χ4v) is 5.81. The maximum Gasteiger partial charge on any atom is 0.241 e. The third-order valence-corrected chi connectivity index (χ3v) is 7.14. The zero-order chi connectivity index (χ0) is 15.1. The number of hydrogen-bond acceptors (Lipinski definition) is 3. The second kappa shape index (κ2) is 5.65. The highest BCUT2D eigenvalue weighted by molar-refractivity contribution is 9.10. The number of halogens is 1. The Labute approximate surface area is 134 Å². The molecule has 1 aromatic carbocycles. The summed E-state index contributed by atoms with van der Waals surface area (Å²) in [6.45, 7) is 2.84. The van der Waals surface area contributed by atoms with E-state index < -0.39 is 10.0 Å². The zero-order valence-corrected chi connectivity index (χ0v) is 14.6. The largest absolute Gasteiger partial charge is 0.311 e. The van der Waals surface area contributed by atoms with Crippen LogP contribution >= 0.6 is 15.9 Å². The Kier molecular flexibility index (Phi) is 4.16. The van der Waals surface area contributed by atoms with Gasteiger partial charge in [-0.25, -0.2) is 13.1 Å². The van der Waals surface area contributed by atoms with E-state index in [1.165, 1.54) is 19.3 Å². The molecule has 4 nitrogen and oxygen atoms in total. The molecule has 0 radical (unpaired) electrons. The van der Waals surface area contributed by atoms with Crippen LogP contribution in [-0.4, -0.2) is 26.5 Å². The first-order valence-electron chi connectivity index (χ1n) is 7.44. The molecule has 3 rings (SSSR count). The number of benzene rings is 1. The summed E-state index contributed by atoms with van der Waals surface area (Å²) in [5.41, 5.74) is 1.23. The summed E-state index contributed by atoms with van der Waals surface area (Å²) >= 11 is 3.36. The van der Waals surface area contributed by atoms with Crippen molar-refractivity contribution in [3.63, 3.8) is 0 Å². The topological polar surface area (TPSA) is 58.2 Å². The molecule has 1 saturated heterocycles. The van der Waals surface area contributed by atoms with E-state index in [2.05, 4.69) is 26.0 Å². The summed E-state index contributed by atoms with van der Waals surface area (Å²) in [7, 11) is -3.47. The first kappa shape index (κ1) is 15.5. The fraction of sp³-hybridized carbons (Fsp3) is 0.600. The van der Waals surface area contributed by atoms with Gasteiger partial charge in [0.1, 0.15) is 0 Å². The van der Waals surface area contributed by atoms with Crippen molar-refractivity contribution in [1.82, 2.24) is 10.0 Å². The van der Waals surface area contributed by atoms with Gasteiger partial charge in [-0.15, -0.1) is 0 Å². The van der Waals surface area contributed by atoms with Crippen LogP contribution in [0.1, 0.15) is 37.7 Å². The van der Waals surface area contributed by atoms with E-state index in [1.807, 2.05) is 19.1 Å². The Morgan fingerprint density at radius 1 is 1.38 bits per heavy atom. The lowest BCUT2D eigenvalue weighted by Gasteiger charge is -2.48. The summed E-state index contributed by atoms with van der Waals surface area (Å²) in [6, 6.07) is 5.37. The Balaban J connectivity index is 1.76. The van der Waals surface area contributed by atoms with Crippen LogP contribution in [0.4, 0.5) is 0 Å². The minimum atomic E-state index is -3.47. The minimum absolute atomic E-state index is 0.0322. The average Bonchev–Trinajstić information content (AvgIpc) is 2.36. The molecule has 1 saturated carbocycles. The Morgan fingerprint density at radius 3 is 2.76 bits per heavy atom. The van der Waals surface area contributed by atoms with Crippen molar-refractivity contribution >= 4 is 26.0 Å². The van der Waals surface area contributed by atoms with Crippen molar-refractivity contribution in [3.05, 3.63) is 28.2 Å². The van der Waals surface area contributed by atoms with Gasteiger partial charge in [0.15, 0.2) is 0 Å². The van der Waals surface area contributed by atoms with Crippen LogP contribution in [0.25, 0.3) is 0 Å². The van der Waals surface area contributed by atoms with Gasteiger partial charge in [0.05, 0.1) is 4.90 Å². The van der Waals surface area contributed by atoms with Crippen molar-refractivity contribution in [3.8, 4) is 0 Å². The van der Waals surface area contributed by atoms with Crippen molar-refractivity contribution in [2.45, 2.75) is 55.5 Å². The Morgan fingerprint density at radius 2 is 2.14 bits per heavy atom. The quantitative estimate of drug-likeness (QED) is 0.857. The van der Waals surface area contributed by atoms with Gasteiger partial charge in [-0.1, -0.05) is 6.07 Å². The van der Waals surface area contributed by atoms with Crippen LogP contribution < -0.4 is 10.0 Å². The third-order valence-electron chi connectivity index (χ3n) is 4.64. The van der Waals surface area contributed by atoms with Crippen molar-refractivity contribution < 1.29 is 8.42 Å². The highest BCUT2D eigenvalue weighted by atomic mass is 79.9. The first-order valence-corrected chi connectivity index (χ1v) is 9.71. The molecule has 2 N–H and O–H groups in total. The third kappa shape index (κ3) is 3.18. The summed E-state index contributed by atoms with van der Waals surface area (Å²) in [5.74, 6) is 0. The minimum Gasteiger partial charge on any atom is -0.311 e. The second-order valence-corrected chi connectivity index (χ2v) is 8.84. The molecule has 1 unspecified atom stereocenters. The predicted octanol–water partition coefficient (Wildman–Crippen LogP) is 2.71. The van der Waals surface area contributed by atoms with Crippen molar-refractivity contribution in [2.75, 3.05) is 6.54 Å². The van der Waals surface area contributed by atoms with Gasteiger partial charge in [0.2, 0.25) is 10.0 Å². The summed E-state index contributed by atoms with van der Waals surface area (Å²) < 4.78 is 28.7. The summed E-state index contributed by atoms with van der Waals surface area (Å²) in [5, 5.41) is 3.56. The fourth-order valence-electron chi connectivity index (χ4n) is 3.35. The molecule has 21 heavy (non-hydrogen) atoms. The standard InChI is InChI=1S/C15H21BrN2O2S/c1-11-3-4-14(13(16)9-11)21(19,20)18-12-5-8-17-15(10-12)6-2-7-15/h3-4,9,12,17-18H,2,5-8,10H2,1H3. The maximum absolute atomic E-state index is 12.6. The molecule has 6 heteroatoms. The normalized spacial score (nSPS) is 24.8. The lowest BCUT2D eigenvalue weighted by atomic mass is 9.70. The van der Waals surface area contributed by atoms with Crippen LogP contribution in [0.2, 0.25) is 0 Å². The van der Waals surface area contributed by atoms with Crippen LogP contribution in [0.15, 0.2) is 27.6 Å². The van der Waals surface area contributed by atoms with Gasteiger partial charge in [-0.05, 0) is 79.2 Å². The number of piperidine rings is 1. The highest BCUT2D eigenvalue weighted by Gasteiger charge is 2.41. The molecule has 1 aliphatic carbocycles. The summed E-state index contributed by atoms with van der Waals surface area (Å²) in [6.07, 6.45) is 5.33. The van der Waals surface area contributed by atoms with Gasteiger partial charge in [-0.2, -0.15) is 0 Å². The smallest absolute Gasteiger partial charge is 0.241 e. The number of sulfonamides is 1. The Hall–Kier alpha value is -0.430. The van der Waals surface area contributed by atoms with E-state index in [0.29, 0.717) is 9.37 Å². The molecule has 2 aliphatic rings. The molecule has 0 aromatic heterocycles. The highest BCUT2D eigenvalue weighted by Crippen LogP contribution is 2.38. The van der Waals surface area contributed by atoms with E-state index in [0.717, 1.165) is 24.9 Å². The van der Waals surface area contributed by atoms with Crippen LogP contribution in [0.5, 0.6) is 0 Å². The molecule has 0 amide bonds.